The standard InChI is InChI=1S/C27H27ClFNO3S/c1-3-34-13-12-33-27(32)24-16(2)30-22-14-18(17-8-10-19(28)11-9-17)15-23(31)26(22)25(24)20-6-4-5-7-21(20)29/h4-11,18,24-25H,3,12-15H2,1-2H3/t18-,24?,25+/m1/s1. The Labute approximate surface area is 208 Å². The third-order valence-corrected chi connectivity index (χ3v) is 7.52. The first-order valence-corrected chi connectivity index (χ1v) is 13.0. The van der Waals surface area contributed by atoms with Crippen LogP contribution in [0.25, 0.3) is 0 Å². The molecule has 0 amide bonds. The maximum Gasteiger partial charge on any atom is 0.315 e. The van der Waals surface area contributed by atoms with Crippen LogP contribution in [0.15, 0.2) is 64.8 Å². The van der Waals surface area contributed by atoms with Crippen LogP contribution in [0, 0.1) is 11.7 Å². The third kappa shape index (κ3) is 5.13. The Bertz CT molecular complexity index is 1140. The zero-order valence-electron chi connectivity index (χ0n) is 19.2. The van der Waals surface area contributed by atoms with Crippen LogP contribution in [-0.4, -0.2) is 35.6 Å². The Kier molecular flexibility index (Phi) is 7.89. The van der Waals surface area contributed by atoms with E-state index in [9.17, 15) is 9.59 Å². The van der Waals surface area contributed by atoms with E-state index < -0.39 is 23.6 Å². The monoisotopic (exact) mass is 499 g/mol. The van der Waals surface area contributed by atoms with Crippen LogP contribution >= 0.6 is 23.4 Å². The van der Waals surface area contributed by atoms with E-state index in [1.807, 2.05) is 31.2 Å². The fraction of sp³-hybridized carbons (Fsp3) is 0.370. The minimum atomic E-state index is -0.835. The Morgan fingerprint density at radius 3 is 2.62 bits per heavy atom. The van der Waals surface area contributed by atoms with Crippen molar-refractivity contribution in [3.05, 3.63) is 81.8 Å². The maximum atomic E-state index is 15.0. The van der Waals surface area contributed by atoms with E-state index in [1.165, 1.54) is 6.07 Å². The van der Waals surface area contributed by atoms with Gasteiger partial charge < -0.3 is 4.74 Å². The summed E-state index contributed by atoms with van der Waals surface area (Å²) in [6.45, 7) is 4.07. The molecule has 0 saturated heterocycles. The van der Waals surface area contributed by atoms with E-state index in [0.717, 1.165) is 11.3 Å². The normalized spacial score (nSPS) is 22.3. The SMILES string of the molecule is CCSCCOC(=O)C1C(C)=NC2=C(C(=O)C[C@H](c3ccc(Cl)cc3)C2)[C@H]1c1ccccc1F. The first-order valence-electron chi connectivity index (χ1n) is 11.5. The number of hydrogen-bond donors (Lipinski definition) is 0. The first-order chi connectivity index (χ1) is 16.4. The molecular weight excluding hydrogens is 473 g/mol. The molecular formula is C27H27ClFNO3S. The highest BCUT2D eigenvalue weighted by Gasteiger charge is 2.45. The average molecular weight is 500 g/mol. The number of rotatable bonds is 7. The number of ketones is 1. The Morgan fingerprint density at radius 2 is 1.91 bits per heavy atom. The molecule has 0 fully saturated rings. The van der Waals surface area contributed by atoms with Gasteiger partial charge in [0.15, 0.2) is 5.78 Å². The smallest absolute Gasteiger partial charge is 0.315 e. The summed E-state index contributed by atoms with van der Waals surface area (Å²) in [6, 6.07) is 13.8. The number of hydrogen-bond acceptors (Lipinski definition) is 5. The number of nitrogens with zero attached hydrogens (tertiary/aromatic N) is 1. The van der Waals surface area contributed by atoms with E-state index in [-0.39, 0.29) is 24.7 Å². The first kappa shape index (κ1) is 24.7. The number of carbonyl (C=O) groups is 2. The van der Waals surface area contributed by atoms with Crippen molar-refractivity contribution in [2.24, 2.45) is 10.9 Å². The van der Waals surface area contributed by atoms with Gasteiger partial charge in [-0.25, -0.2) is 4.39 Å². The van der Waals surface area contributed by atoms with Crippen LogP contribution in [0.2, 0.25) is 5.02 Å². The second-order valence-electron chi connectivity index (χ2n) is 8.53. The molecule has 0 radical (unpaired) electrons. The van der Waals surface area contributed by atoms with Crippen LogP contribution in [0.5, 0.6) is 0 Å². The van der Waals surface area contributed by atoms with Crippen molar-refractivity contribution in [2.75, 3.05) is 18.1 Å². The lowest BCUT2D eigenvalue weighted by atomic mass is 9.69. The molecule has 1 unspecified atom stereocenters. The van der Waals surface area contributed by atoms with Crippen molar-refractivity contribution in [1.82, 2.24) is 0 Å². The lowest BCUT2D eigenvalue weighted by Gasteiger charge is -2.36. The maximum absolute atomic E-state index is 15.0. The summed E-state index contributed by atoms with van der Waals surface area (Å²) in [7, 11) is 0. The molecule has 34 heavy (non-hydrogen) atoms. The summed E-state index contributed by atoms with van der Waals surface area (Å²) in [5.41, 5.74) is 2.95. The van der Waals surface area contributed by atoms with Crippen molar-refractivity contribution < 1.29 is 18.7 Å². The topological polar surface area (TPSA) is 55.7 Å². The van der Waals surface area contributed by atoms with Gasteiger partial charge in [0.2, 0.25) is 0 Å². The Morgan fingerprint density at radius 1 is 1.18 bits per heavy atom. The fourth-order valence-electron chi connectivity index (χ4n) is 4.83. The third-order valence-electron chi connectivity index (χ3n) is 6.40. The van der Waals surface area contributed by atoms with Crippen LogP contribution in [0.3, 0.4) is 0 Å². The fourth-order valence-corrected chi connectivity index (χ4v) is 5.45. The average Bonchev–Trinajstić information content (AvgIpc) is 2.81. The van der Waals surface area contributed by atoms with Crippen molar-refractivity contribution in [1.29, 1.82) is 0 Å². The van der Waals surface area contributed by atoms with Crippen LogP contribution in [-0.2, 0) is 14.3 Å². The molecule has 2 aliphatic rings. The quantitative estimate of drug-likeness (QED) is 0.329. The molecule has 4 nitrogen and oxygen atoms in total. The number of aliphatic imine (C=N–C) groups is 1. The molecule has 1 heterocycles. The number of ether oxygens (including phenoxy) is 1. The van der Waals surface area contributed by atoms with Crippen LogP contribution < -0.4 is 0 Å². The molecule has 2 aromatic rings. The van der Waals surface area contributed by atoms with Gasteiger partial charge in [0.05, 0.1) is 0 Å². The minimum Gasteiger partial charge on any atom is -0.464 e. The highest BCUT2D eigenvalue weighted by Crippen LogP contribution is 2.47. The van der Waals surface area contributed by atoms with Gasteiger partial charge in [-0.05, 0) is 54.3 Å². The van der Waals surface area contributed by atoms with Crippen LogP contribution in [0.1, 0.15) is 49.7 Å². The van der Waals surface area contributed by atoms with Gasteiger partial charge in [-0.1, -0.05) is 48.9 Å². The summed E-state index contributed by atoms with van der Waals surface area (Å²) < 4.78 is 20.6. The Hall–Kier alpha value is -2.44. The second kappa shape index (κ2) is 10.9. The molecule has 0 N–H and O–H groups in total. The Balaban J connectivity index is 1.72. The number of halogens is 2. The molecule has 178 valence electrons. The molecule has 7 heteroatoms. The summed E-state index contributed by atoms with van der Waals surface area (Å²) in [6.07, 6.45) is 0.814. The molecule has 2 aromatic carbocycles. The number of carbonyl (C=O) groups excluding carboxylic acids is 2. The van der Waals surface area contributed by atoms with Crippen molar-refractivity contribution in [2.45, 2.75) is 38.5 Å². The zero-order chi connectivity index (χ0) is 24.2. The number of esters is 1. The highest BCUT2D eigenvalue weighted by molar-refractivity contribution is 7.99. The van der Waals surface area contributed by atoms with Gasteiger partial charge in [0.1, 0.15) is 18.3 Å². The highest BCUT2D eigenvalue weighted by atomic mass is 35.5. The van der Waals surface area contributed by atoms with Crippen molar-refractivity contribution >= 4 is 40.8 Å². The molecule has 3 atom stereocenters. The molecule has 1 aliphatic carbocycles. The van der Waals surface area contributed by atoms with E-state index in [4.69, 9.17) is 21.3 Å². The number of benzene rings is 2. The predicted molar refractivity (Wildman–Crippen MR) is 135 cm³/mol. The lowest BCUT2D eigenvalue weighted by molar-refractivity contribution is -0.145. The predicted octanol–water partition coefficient (Wildman–Crippen LogP) is 6.35. The number of thioether (sulfide) groups is 1. The molecule has 0 aromatic heterocycles. The number of allylic oxidation sites excluding steroid dienone is 2. The van der Waals surface area contributed by atoms with E-state index in [2.05, 4.69) is 0 Å². The van der Waals surface area contributed by atoms with E-state index in [1.54, 1.807) is 36.9 Å². The molecule has 0 bridgehead atoms. The van der Waals surface area contributed by atoms with Gasteiger partial charge in [0, 0.05) is 40.1 Å². The van der Waals surface area contributed by atoms with Gasteiger partial charge in [0.25, 0.3) is 0 Å². The van der Waals surface area contributed by atoms with Crippen molar-refractivity contribution in [3.63, 3.8) is 0 Å². The lowest BCUT2D eigenvalue weighted by Crippen LogP contribution is -2.38. The summed E-state index contributed by atoms with van der Waals surface area (Å²) in [5, 5.41) is 0.635. The molecule has 0 spiro atoms. The summed E-state index contributed by atoms with van der Waals surface area (Å²) in [4.78, 5) is 31.4. The zero-order valence-corrected chi connectivity index (χ0v) is 20.8. The molecule has 4 rings (SSSR count). The van der Waals surface area contributed by atoms with Crippen LogP contribution in [0.4, 0.5) is 4.39 Å². The van der Waals surface area contributed by atoms with E-state index in [0.29, 0.717) is 39.7 Å². The largest absolute Gasteiger partial charge is 0.464 e. The van der Waals surface area contributed by atoms with Gasteiger partial charge in [-0.3, -0.25) is 14.6 Å². The van der Waals surface area contributed by atoms with Crippen molar-refractivity contribution in [3.8, 4) is 0 Å². The summed E-state index contributed by atoms with van der Waals surface area (Å²) >= 11 is 7.71. The second-order valence-corrected chi connectivity index (χ2v) is 10.4. The van der Waals surface area contributed by atoms with E-state index >= 15 is 4.39 Å². The van der Waals surface area contributed by atoms with Gasteiger partial charge >= 0.3 is 5.97 Å². The molecule has 1 aliphatic heterocycles. The number of Topliss-reactive ketones (excluding diaryl/α,β-unsaturated/α-hetero) is 1. The minimum absolute atomic E-state index is 0.0455. The van der Waals surface area contributed by atoms with Gasteiger partial charge in [-0.2, -0.15) is 11.8 Å². The molecule has 0 saturated carbocycles. The van der Waals surface area contributed by atoms with Gasteiger partial charge in [-0.15, -0.1) is 0 Å². The summed E-state index contributed by atoms with van der Waals surface area (Å²) in [5.74, 6) is -1.03.